The van der Waals surface area contributed by atoms with Gasteiger partial charge in [0.05, 0.1) is 11.2 Å². The molecule has 26 heavy (non-hydrogen) atoms. The number of aryl methyl sites for hydroxylation is 1. The highest BCUT2D eigenvalue weighted by Crippen LogP contribution is 2.29. The van der Waals surface area contributed by atoms with E-state index in [-0.39, 0.29) is 18.4 Å². The Labute approximate surface area is 161 Å². The normalized spacial score (nSPS) is 11.9. The first kappa shape index (κ1) is 18.3. The second kappa shape index (κ2) is 7.82. The van der Waals surface area contributed by atoms with E-state index in [4.69, 9.17) is 5.73 Å². The van der Waals surface area contributed by atoms with Crippen molar-refractivity contribution in [3.63, 3.8) is 0 Å². The van der Waals surface area contributed by atoms with Crippen LogP contribution in [0.25, 0.3) is 21.5 Å². The summed E-state index contributed by atoms with van der Waals surface area (Å²) in [6, 6.07) is 16.1. The maximum absolute atomic E-state index is 6.21. The van der Waals surface area contributed by atoms with E-state index in [1.807, 2.05) is 49.4 Å². The molecule has 0 radical (unpaired) electrons. The van der Waals surface area contributed by atoms with Crippen molar-refractivity contribution in [3.05, 3.63) is 59.8 Å². The highest BCUT2D eigenvalue weighted by molar-refractivity contribution is 7.18. The number of fused-ring (bicyclic) bond motifs is 1. The lowest BCUT2D eigenvalue weighted by molar-refractivity contribution is 0.762. The van der Waals surface area contributed by atoms with Gasteiger partial charge in [0, 0.05) is 23.5 Å². The number of hydrogen-bond acceptors (Lipinski definition) is 6. The number of nitrogens with zero attached hydrogens (tertiary/aromatic N) is 3. The van der Waals surface area contributed by atoms with Crippen molar-refractivity contribution in [3.8, 4) is 10.6 Å². The van der Waals surface area contributed by atoms with Crippen LogP contribution >= 0.6 is 23.7 Å². The van der Waals surface area contributed by atoms with Crippen molar-refractivity contribution in [2.75, 3.05) is 11.9 Å². The predicted molar refractivity (Wildman–Crippen MR) is 109 cm³/mol. The van der Waals surface area contributed by atoms with Gasteiger partial charge in [0.15, 0.2) is 0 Å². The second-order valence-electron chi connectivity index (χ2n) is 5.88. The average Bonchev–Trinajstić information content (AvgIpc) is 3.27. The summed E-state index contributed by atoms with van der Waals surface area (Å²) in [6.07, 6.45) is 0. The maximum Gasteiger partial charge on any atom is 0.206 e. The molecule has 0 unspecified atom stereocenters. The zero-order valence-electron chi connectivity index (χ0n) is 14.1. The summed E-state index contributed by atoms with van der Waals surface area (Å²) in [5, 5.41) is 21.8. The van der Waals surface area contributed by atoms with Crippen LogP contribution in [0, 0.1) is 6.92 Å². The molecule has 2 aromatic carbocycles. The predicted octanol–water partition coefficient (Wildman–Crippen LogP) is 3.92. The minimum Gasteiger partial charge on any atom is -0.358 e. The zero-order valence-corrected chi connectivity index (χ0v) is 15.8. The van der Waals surface area contributed by atoms with Crippen molar-refractivity contribution >= 4 is 39.8 Å². The Balaban J connectivity index is 0.00000196. The van der Waals surface area contributed by atoms with Gasteiger partial charge < -0.3 is 11.1 Å². The Kier molecular flexibility index (Phi) is 5.51. The van der Waals surface area contributed by atoms with Crippen LogP contribution in [0.2, 0.25) is 0 Å². The van der Waals surface area contributed by atoms with Crippen LogP contribution in [-0.4, -0.2) is 26.9 Å². The van der Waals surface area contributed by atoms with Gasteiger partial charge in [-0.2, -0.15) is 5.10 Å². The third-order valence-electron chi connectivity index (χ3n) is 4.13. The van der Waals surface area contributed by atoms with Crippen molar-refractivity contribution in [1.82, 2.24) is 20.4 Å². The number of halogens is 1. The summed E-state index contributed by atoms with van der Waals surface area (Å²) in [4.78, 5) is 0. The van der Waals surface area contributed by atoms with Gasteiger partial charge in [-0.3, -0.25) is 5.10 Å². The zero-order chi connectivity index (χ0) is 17.2. The van der Waals surface area contributed by atoms with Gasteiger partial charge in [-0.25, -0.2) is 0 Å². The third kappa shape index (κ3) is 3.70. The van der Waals surface area contributed by atoms with Crippen LogP contribution in [0.4, 0.5) is 5.13 Å². The van der Waals surface area contributed by atoms with Gasteiger partial charge in [-0.15, -0.1) is 22.6 Å². The van der Waals surface area contributed by atoms with Gasteiger partial charge in [0.2, 0.25) is 5.13 Å². The third-order valence-corrected chi connectivity index (χ3v) is 5.06. The summed E-state index contributed by atoms with van der Waals surface area (Å²) in [5.41, 5.74) is 10.4. The lowest BCUT2D eigenvalue weighted by Crippen LogP contribution is -2.20. The quantitative estimate of drug-likeness (QED) is 0.483. The molecule has 0 fully saturated rings. The van der Waals surface area contributed by atoms with E-state index >= 15 is 0 Å². The lowest BCUT2D eigenvalue weighted by atomic mass is 10.1. The smallest absolute Gasteiger partial charge is 0.206 e. The molecular weight excluding hydrogens is 368 g/mol. The molecule has 134 valence electrons. The first-order valence-electron chi connectivity index (χ1n) is 8.04. The van der Waals surface area contributed by atoms with E-state index < -0.39 is 0 Å². The fraction of sp³-hybridized carbons (Fsp3) is 0.167. The summed E-state index contributed by atoms with van der Waals surface area (Å²) in [7, 11) is 0. The van der Waals surface area contributed by atoms with E-state index in [2.05, 4.69) is 31.8 Å². The standard InChI is InChI=1S/C18H18N6S.ClH/c1-11-14-9-13(7-8-16(14)22-21-11)17-23-24-18(25-17)20-10-15(19)12-5-3-2-4-6-12;/h2-9,15H,10,19H2,1H3,(H,20,24)(H,21,22);1H/t15-;/m1./s1. The van der Waals surface area contributed by atoms with Crippen molar-refractivity contribution in [2.45, 2.75) is 13.0 Å². The number of anilines is 1. The number of nitrogens with two attached hydrogens (primary N) is 1. The second-order valence-corrected chi connectivity index (χ2v) is 6.86. The molecule has 0 aliphatic carbocycles. The summed E-state index contributed by atoms with van der Waals surface area (Å²) in [6.45, 7) is 2.60. The van der Waals surface area contributed by atoms with Crippen LogP contribution in [0.15, 0.2) is 48.5 Å². The maximum atomic E-state index is 6.21. The molecule has 4 N–H and O–H groups in total. The van der Waals surface area contributed by atoms with Crippen molar-refractivity contribution in [2.24, 2.45) is 5.73 Å². The Morgan fingerprint density at radius 3 is 2.77 bits per heavy atom. The van der Waals surface area contributed by atoms with Crippen LogP contribution in [0.3, 0.4) is 0 Å². The average molecular weight is 387 g/mol. The highest BCUT2D eigenvalue weighted by Gasteiger charge is 2.11. The highest BCUT2D eigenvalue weighted by atomic mass is 35.5. The van der Waals surface area contributed by atoms with Gasteiger partial charge in [-0.05, 0) is 30.7 Å². The minimum atomic E-state index is -0.0847. The molecule has 0 saturated heterocycles. The van der Waals surface area contributed by atoms with Crippen LogP contribution in [-0.2, 0) is 0 Å². The summed E-state index contributed by atoms with van der Waals surface area (Å²) >= 11 is 1.52. The number of benzene rings is 2. The van der Waals surface area contributed by atoms with Crippen molar-refractivity contribution in [1.29, 1.82) is 0 Å². The van der Waals surface area contributed by atoms with Crippen LogP contribution < -0.4 is 11.1 Å². The van der Waals surface area contributed by atoms with E-state index in [1.165, 1.54) is 11.3 Å². The Morgan fingerprint density at radius 1 is 1.15 bits per heavy atom. The van der Waals surface area contributed by atoms with Gasteiger partial charge in [-0.1, -0.05) is 41.7 Å². The monoisotopic (exact) mass is 386 g/mol. The number of aromatic nitrogens is 4. The number of nitrogens with one attached hydrogen (secondary N) is 2. The van der Waals surface area contributed by atoms with E-state index in [9.17, 15) is 0 Å². The first-order chi connectivity index (χ1) is 12.2. The number of H-pyrrole nitrogens is 1. The SMILES string of the molecule is Cc1n[nH]c2ccc(-c3nnc(NC[C@@H](N)c4ccccc4)s3)cc12.Cl. The molecule has 0 spiro atoms. The molecule has 0 amide bonds. The Bertz CT molecular complexity index is 997. The largest absolute Gasteiger partial charge is 0.358 e. The topological polar surface area (TPSA) is 92.5 Å². The fourth-order valence-electron chi connectivity index (χ4n) is 2.71. The molecule has 4 aromatic rings. The van der Waals surface area contributed by atoms with Crippen molar-refractivity contribution < 1.29 is 0 Å². The molecule has 0 aliphatic rings. The molecule has 0 bridgehead atoms. The van der Waals surface area contributed by atoms with E-state index in [0.29, 0.717) is 6.54 Å². The molecule has 8 heteroatoms. The molecule has 0 aliphatic heterocycles. The summed E-state index contributed by atoms with van der Waals surface area (Å²) < 4.78 is 0. The van der Waals surface area contributed by atoms with Crippen LogP contribution in [0.5, 0.6) is 0 Å². The first-order valence-corrected chi connectivity index (χ1v) is 8.85. The lowest BCUT2D eigenvalue weighted by Gasteiger charge is -2.11. The molecular formula is C18H19ClN6S. The molecule has 4 rings (SSSR count). The van der Waals surface area contributed by atoms with Crippen LogP contribution in [0.1, 0.15) is 17.3 Å². The number of aromatic amines is 1. The van der Waals surface area contributed by atoms with Gasteiger partial charge >= 0.3 is 0 Å². The Hall–Kier alpha value is -2.48. The molecule has 6 nitrogen and oxygen atoms in total. The number of hydrogen-bond donors (Lipinski definition) is 3. The van der Waals surface area contributed by atoms with E-state index in [0.717, 1.165) is 37.9 Å². The molecule has 1 atom stereocenters. The number of rotatable bonds is 5. The Morgan fingerprint density at radius 2 is 1.96 bits per heavy atom. The summed E-state index contributed by atoms with van der Waals surface area (Å²) in [5.74, 6) is 0. The van der Waals surface area contributed by atoms with E-state index in [1.54, 1.807) is 0 Å². The van der Waals surface area contributed by atoms with Gasteiger partial charge in [0.25, 0.3) is 0 Å². The molecule has 0 saturated carbocycles. The molecule has 2 heterocycles. The molecule has 2 aromatic heterocycles. The fourth-order valence-corrected chi connectivity index (χ4v) is 3.45. The minimum absolute atomic E-state index is 0. The van der Waals surface area contributed by atoms with Gasteiger partial charge in [0.1, 0.15) is 5.01 Å².